The summed E-state index contributed by atoms with van der Waals surface area (Å²) < 4.78 is 38.7. The Morgan fingerprint density at radius 3 is 2.30 bits per heavy atom. The summed E-state index contributed by atoms with van der Waals surface area (Å²) in [5.74, 6) is 0.862. The van der Waals surface area contributed by atoms with E-state index < -0.39 is 11.7 Å². The molecule has 0 amide bonds. The van der Waals surface area contributed by atoms with Gasteiger partial charge in [-0.1, -0.05) is 40.6 Å². The van der Waals surface area contributed by atoms with Crippen LogP contribution < -0.4 is 10.6 Å². The van der Waals surface area contributed by atoms with Crippen molar-refractivity contribution in [3.8, 4) is 0 Å². The average molecular weight is 510 g/mol. The minimum Gasteiger partial charge on any atom is -0.351 e. The van der Waals surface area contributed by atoms with Crippen molar-refractivity contribution >= 4 is 62.3 Å². The minimum absolute atomic E-state index is 0.329. The Morgan fingerprint density at radius 2 is 1.67 bits per heavy atom. The average Bonchev–Trinajstić information content (AvgIpc) is 3.47. The Balaban J connectivity index is 1.50. The van der Waals surface area contributed by atoms with Crippen molar-refractivity contribution in [3.63, 3.8) is 0 Å². The van der Waals surface area contributed by atoms with Gasteiger partial charge in [-0.15, -0.1) is 0 Å². The summed E-state index contributed by atoms with van der Waals surface area (Å²) in [6, 6.07) is 10.4. The maximum Gasteiger partial charge on any atom is 0.416 e. The van der Waals surface area contributed by atoms with Gasteiger partial charge in [-0.2, -0.15) is 18.2 Å². The molecular formula is C22H16Cl2F3N5S. The predicted octanol–water partition coefficient (Wildman–Crippen LogP) is 7.32. The summed E-state index contributed by atoms with van der Waals surface area (Å²) in [7, 11) is 0. The highest BCUT2D eigenvalue weighted by Gasteiger charge is 2.30. The molecule has 2 aromatic heterocycles. The highest BCUT2D eigenvalue weighted by Crippen LogP contribution is 2.35. The largest absolute Gasteiger partial charge is 0.416 e. The number of fused-ring (bicyclic) bond motifs is 1. The van der Waals surface area contributed by atoms with Gasteiger partial charge in [-0.25, -0.2) is 9.97 Å². The molecule has 5 nitrogen and oxygen atoms in total. The van der Waals surface area contributed by atoms with Crippen LogP contribution in [0.5, 0.6) is 0 Å². The molecule has 1 saturated carbocycles. The van der Waals surface area contributed by atoms with Gasteiger partial charge in [0.1, 0.15) is 10.5 Å². The number of halogens is 5. The smallest absolute Gasteiger partial charge is 0.351 e. The molecular weight excluding hydrogens is 494 g/mol. The molecule has 0 atom stereocenters. The Labute approximate surface area is 201 Å². The molecule has 5 rings (SSSR count). The normalized spacial score (nSPS) is 14.0. The van der Waals surface area contributed by atoms with Gasteiger partial charge < -0.3 is 10.6 Å². The fourth-order valence-corrected chi connectivity index (χ4v) is 4.71. The van der Waals surface area contributed by atoms with E-state index in [-0.39, 0.29) is 0 Å². The van der Waals surface area contributed by atoms with Crippen molar-refractivity contribution < 1.29 is 13.2 Å². The molecule has 33 heavy (non-hydrogen) atoms. The van der Waals surface area contributed by atoms with Gasteiger partial charge in [0.2, 0.25) is 5.95 Å². The second-order valence-electron chi connectivity index (χ2n) is 7.65. The van der Waals surface area contributed by atoms with Crippen LogP contribution in [0.25, 0.3) is 10.3 Å². The Hall–Kier alpha value is -2.62. The third kappa shape index (κ3) is 5.00. The van der Waals surface area contributed by atoms with Crippen molar-refractivity contribution in [2.75, 3.05) is 10.6 Å². The molecule has 170 valence electrons. The van der Waals surface area contributed by atoms with Crippen molar-refractivity contribution in [3.05, 3.63) is 68.6 Å². The summed E-state index contributed by atoms with van der Waals surface area (Å²) in [6.07, 6.45) is -1.89. The van der Waals surface area contributed by atoms with Crippen molar-refractivity contribution in [2.24, 2.45) is 0 Å². The van der Waals surface area contributed by atoms with Gasteiger partial charge in [-0.3, -0.25) is 0 Å². The lowest BCUT2D eigenvalue weighted by Crippen LogP contribution is -2.07. The zero-order chi connectivity index (χ0) is 23.2. The second-order valence-corrected chi connectivity index (χ2v) is 9.53. The van der Waals surface area contributed by atoms with E-state index in [1.54, 1.807) is 18.2 Å². The summed E-state index contributed by atoms with van der Waals surface area (Å²) in [4.78, 5) is 14.5. The van der Waals surface area contributed by atoms with Crippen LogP contribution in [-0.4, -0.2) is 21.0 Å². The van der Waals surface area contributed by atoms with Gasteiger partial charge in [0.15, 0.2) is 10.6 Å². The van der Waals surface area contributed by atoms with E-state index in [0.717, 1.165) is 35.5 Å². The number of aromatic nitrogens is 3. The summed E-state index contributed by atoms with van der Waals surface area (Å²) >= 11 is 14.0. The fraction of sp³-hybridized carbons (Fsp3) is 0.227. The number of alkyl halides is 3. The molecule has 11 heteroatoms. The number of nitrogens with one attached hydrogen (secondary N) is 2. The van der Waals surface area contributed by atoms with E-state index in [1.165, 1.54) is 23.5 Å². The number of hydrogen-bond acceptors (Lipinski definition) is 6. The molecule has 0 bridgehead atoms. The van der Waals surface area contributed by atoms with E-state index in [1.807, 2.05) is 0 Å². The van der Waals surface area contributed by atoms with Crippen LogP contribution in [-0.2, 0) is 12.6 Å². The minimum atomic E-state index is -4.40. The van der Waals surface area contributed by atoms with Crippen molar-refractivity contribution in [1.82, 2.24) is 15.0 Å². The van der Waals surface area contributed by atoms with Gasteiger partial charge in [0.25, 0.3) is 0 Å². The molecule has 0 unspecified atom stereocenters. The van der Waals surface area contributed by atoms with Crippen LogP contribution in [0.1, 0.15) is 29.0 Å². The first-order valence-electron chi connectivity index (χ1n) is 10.1. The Kier molecular flexibility index (Phi) is 5.80. The molecule has 2 heterocycles. The van der Waals surface area contributed by atoms with Gasteiger partial charge in [-0.05, 0) is 54.8 Å². The van der Waals surface area contributed by atoms with Crippen molar-refractivity contribution in [1.29, 1.82) is 0 Å². The number of anilines is 3. The second kappa shape index (κ2) is 8.62. The SMILES string of the molecule is FC(F)(F)c1ccc(Nc2nc(NC3CC3)nc3sc(Cc4c(Cl)cccc4Cl)nc23)cc1. The van der Waals surface area contributed by atoms with Crippen molar-refractivity contribution in [2.45, 2.75) is 31.5 Å². The lowest BCUT2D eigenvalue weighted by Gasteiger charge is -2.10. The molecule has 0 aliphatic heterocycles. The lowest BCUT2D eigenvalue weighted by molar-refractivity contribution is -0.137. The molecule has 0 spiro atoms. The standard InChI is InChI=1S/C22H16Cl2F3N5S/c23-15-2-1-3-16(24)14(15)10-17-30-18-19(28-12-6-4-11(5-7-12)22(25,26)27)31-21(29-13-8-9-13)32-20(18)33-17/h1-7,13H,8-10H2,(H2,28,29,31,32). The maximum absolute atomic E-state index is 12.9. The van der Waals surface area contributed by atoms with Gasteiger partial charge in [0, 0.05) is 28.2 Å². The van der Waals surface area contributed by atoms with Crippen LogP contribution >= 0.6 is 34.5 Å². The molecule has 1 fully saturated rings. The topological polar surface area (TPSA) is 62.7 Å². The first kappa shape index (κ1) is 22.2. The van der Waals surface area contributed by atoms with E-state index in [2.05, 4.69) is 25.6 Å². The van der Waals surface area contributed by atoms with Gasteiger partial charge in [0.05, 0.1) is 5.56 Å². The van der Waals surface area contributed by atoms with Crippen LogP contribution in [0.4, 0.5) is 30.6 Å². The lowest BCUT2D eigenvalue weighted by atomic mass is 10.1. The Morgan fingerprint density at radius 1 is 0.970 bits per heavy atom. The first-order chi connectivity index (χ1) is 15.8. The fourth-order valence-electron chi connectivity index (χ4n) is 3.23. The summed E-state index contributed by atoms with van der Waals surface area (Å²) in [5.41, 5.74) is 1.04. The van der Waals surface area contributed by atoms with Gasteiger partial charge >= 0.3 is 6.18 Å². The maximum atomic E-state index is 12.9. The summed E-state index contributed by atoms with van der Waals surface area (Å²) in [5, 5.41) is 8.20. The molecule has 0 radical (unpaired) electrons. The number of hydrogen-bond donors (Lipinski definition) is 2. The number of thiazole rings is 1. The van der Waals surface area contributed by atoms with Crippen LogP contribution in [0, 0.1) is 0 Å². The summed E-state index contributed by atoms with van der Waals surface area (Å²) in [6.45, 7) is 0. The van der Waals surface area contributed by atoms with E-state index >= 15 is 0 Å². The van der Waals surface area contributed by atoms with Crippen LogP contribution in [0.2, 0.25) is 10.0 Å². The van der Waals surface area contributed by atoms with Crippen LogP contribution in [0.15, 0.2) is 42.5 Å². The van der Waals surface area contributed by atoms with E-state index in [9.17, 15) is 13.2 Å². The molecule has 0 saturated heterocycles. The number of rotatable bonds is 6. The number of nitrogens with zero attached hydrogens (tertiary/aromatic N) is 3. The zero-order valence-electron chi connectivity index (χ0n) is 16.9. The quantitative estimate of drug-likeness (QED) is 0.285. The van der Waals surface area contributed by atoms with E-state index in [0.29, 0.717) is 50.3 Å². The van der Waals surface area contributed by atoms with E-state index in [4.69, 9.17) is 23.2 Å². The predicted molar refractivity (Wildman–Crippen MR) is 126 cm³/mol. The highest BCUT2D eigenvalue weighted by atomic mass is 35.5. The zero-order valence-corrected chi connectivity index (χ0v) is 19.2. The Bertz CT molecular complexity index is 1300. The molecule has 2 N–H and O–H groups in total. The third-order valence-corrected chi connectivity index (χ3v) is 6.74. The molecule has 2 aromatic carbocycles. The molecule has 1 aliphatic carbocycles. The van der Waals surface area contributed by atoms with Crippen LogP contribution in [0.3, 0.4) is 0 Å². The first-order valence-corrected chi connectivity index (χ1v) is 11.6. The monoisotopic (exact) mass is 509 g/mol. The third-order valence-electron chi connectivity index (χ3n) is 5.08. The molecule has 4 aromatic rings. The highest BCUT2D eigenvalue weighted by molar-refractivity contribution is 7.18. The number of benzene rings is 2. The molecule has 1 aliphatic rings.